The number of methoxy groups -OCH3 is 1. The fourth-order valence-electron chi connectivity index (χ4n) is 4.26. The van der Waals surface area contributed by atoms with E-state index in [9.17, 15) is 22.4 Å². The molecule has 8 nitrogen and oxygen atoms in total. The van der Waals surface area contributed by atoms with E-state index < -0.39 is 32.2 Å². The monoisotopic (exact) mass is 612 g/mol. The number of ether oxygens (including phenoxy) is 1. The third kappa shape index (κ3) is 6.95. The molecule has 13 heteroatoms. The number of hydrogen-bond donors (Lipinski definition) is 3. The fraction of sp³-hybridized carbons (Fsp3) is 0.385. The first-order chi connectivity index (χ1) is 18.6. The second kappa shape index (κ2) is 12.2. The van der Waals surface area contributed by atoms with Crippen LogP contribution in [0.3, 0.4) is 0 Å². The number of fused-ring (bicyclic) bond motifs is 1. The van der Waals surface area contributed by atoms with E-state index >= 15 is 0 Å². The van der Waals surface area contributed by atoms with Crippen molar-refractivity contribution in [3.8, 4) is 17.6 Å². The van der Waals surface area contributed by atoms with Gasteiger partial charge in [0.25, 0.3) is 0 Å². The normalized spacial score (nSPS) is 17.8. The van der Waals surface area contributed by atoms with Crippen LogP contribution in [0.1, 0.15) is 22.5 Å². The molecule has 1 fully saturated rings. The van der Waals surface area contributed by atoms with Gasteiger partial charge in [-0.15, -0.1) is 0 Å². The SMILES string of the molecule is CNC(=O)c1ccc(OC)c(NCC#Cc2nn3c(N[C@@H]4CCN(C)C[C@@H]4F)cccc3c2[Se]C(F)(F)F)c1. The number of carbonyl (C=O) groups is 1. The second-order valence-corrected chi connectivity index (χ2v) is 11.2. The number of benzene rings is 1. The molecule has 1 saturated heterocycles. The summed E-state index contributed by atoms with van der Waals surface area (Å²) in [6, 6.07) is 9.21. The van der Waals surface area contributed by atoms with Crippen molar-refractivity contribution in [1.29, 1.82) is 0 Å². The number of anilines is 2. The Kier molecular flexibility index (Phi) is 8.90. The van der Waals surface area contributed by atoms with Crippen molar-refractivity contribution in [3.05, 3.63) is 47.7 Å². The summed E-state index contributed by atoms with van der Waals surface area (Å²) in [4.78, 5) is 13.9. The standard InChI is InChI=1S/C26H28F4N6O2Se/c1-31-25(37)16-9-10-22(38-3)20(14-16)32-12-5-6-19-24(39-26(28,29)30)21-7-4-8-23(36(21)34-19)33-18-11-13-35(2)15-17(18)27/h4,7-10,14,17-18,32-33H,11-13,15H2,1-3H3,(H,31,37)/t17-,18+/m0/s1. The van der Waals surface area contributed by atoms with Crippen molar-refractivity contribution < 1.29 is 27.1 Å². The molecule has 1 amide bonds. The van der Waals surface area contributed by atoms with E-state index in [0.717, 1.165) is 0 Å². The van der Waals surface area contributed by atoms with Crippen molar-refractivity contribution in [1.82, 2.24) is 19.8 Å². The Morgan fingerprint density at radius 2 is 2.08 bits per heavy atom. The van der Waals surface area contributed by atoms with Crippen LogP contribution in [0.4, 0.5) is 29.1 Å². The molecule has 0 unspecified atom stereocenters. The van der Waals surface area contributed by atoms with Gasteiger partial charge in [-0.3, -0.25) is 0 Å². The van der Waals surface area contributed by atoms with Gasteiger partial charge < -0.3 is 0 Å². The average Bonchev–Trinajstić information content (AvgIpc) is 3.24. The summed E-state index contributed by atoms with van der Waals surface area (Å²) in [5.74, 6) is 6.21. The number of rotatable bonds is 7. The summed E-state index contributed by atoms with van der Waals surface area (Å²) in [5.41, 5.74) is 1.20. The van der Waals surface area contributed by atoms with E-state index in [1.54, 1.807) is 36.4 Å². The van der Waals surface area contributed by atoms with E-state index in [4.69, 9.17) is 4.74 Å². The van der Waals surface area contributed by atoms with Crippen LogP contribution in [0.25, 0.3) is 5.52 Å². The number of hydrogen-bond acceptors (Lipinski definition) is 6. The summed E-state index contributed by atoms with van der Waals surface area (Å²) >= 11 is -1.90. The Balaban J connectivity index is 1.61. The Bertz CT molecular complexity index is 1400. The Morgan fingerprint density at radius 3 is 2.77 bits per heavy atom. The van der Waals surface area contributed by atoms with Gasteiger partial charge in [-0.05, 0) is 0 Å². The Morgan fingerprint density at radius 1 is 1.28 bits per heavy atom. The van der Waals surface area contributed by atoms with Crippen LogP contribution >= 0.6 is 0 Å². The Labute approximate surface area is 229 Å². The van der Waals surface area contributed by atoms with E-state index in [-0.39, 0.29) is 34.7 Å². The topological polar surface area (TPSA) is 82.9 Å². The van der Waals surface area contributed by atoms with Gasteiger partial charge in [0.05, 0.1) is 0 Å². The van der Waals surface area contributed by atoms with Crippen LogP contribution in [0.15, 0.2) is 36.4 Å². The van der Waals surface area contributed by atoms with Gasteiger partial charge in [-0.25, -0.2) is 0 Å². The van der Waals surface area contributed by atoms with Crippen molar-refractivity contribution >= 4 is 42.3 Å². The van der Waals surface area contributed by atoms with E-state index in [0.29, 0.717) is 35.8 Å². The molecule has 4 rings (SSSR count). The van der Waals surface area contributed by atoms with Gasteiger partial charge >= 0.3 is 230 Å². The predicted molar refractivity (Wildman–Crippen MR) is 143 cm³/mol. The molecule has 0 spiro atoms. The summed E-state index contributed by atoms with van der Waals surface area (Å²) in [7, 11) is 4.85. The van der Waals surface area contributed by atoms with Gasteiger partial charge in [0.15, 0.2) is 0 Å². The molecule has 39 heavy (non-hydrogen) atoms. The molecule has 0 saturated carbocycles. The van der Waals surface area contributed by atoms with Crippen LogP contribution in [0.5, 0.6) is 5.75 Å². The number of amides is 1. The maximum atomic E-state index is 14.6. The maximum absolute atomic E-state index is 14.6. The van der Waals surface area contributed by atoms with Crippen molar-refractivity contribution in [3.63, 3.8) is 0 Å². The Hall–Kier alpha value is -3.46. The average molecular weight is 612 g/mol. The minimum absolute atomic E-state index is 0.00511. The second-order valence-electron chi connectivity index (χ2n) is 8.90. The van der Waals surface area contributed by atoms with Gasteiger partial charge in [0.2, 0.25) is 0 Å². The molecular formula is C26H28F4N6O2Se. The van der Waals surface area contributed by atoms with Crippen LogP contribution < -0.4 is 25.1 Å². The number of carbonyl (C=O) groups excluding carboxylic acids is 1. The number of nitrogens with zero attached hydrogens (tertiary/aromatic N) is 3. The minimum atomic E-state index is -4.42. The molecule has 0 aliphatic carbocycles. The molecule has 0 bridgehead atoms. The summed E-state index contributed by atoms with van der Waals surface area (Å²) < 4.78 is 61.9. The first kappa shape index (κ1) is 28.5. The van der Waals surface area contributed by atoms with E-state index in [1.807, 2.05) is 11.9 Å². The van der Waals surface area contributed by atoms with E-state index in [1.165, 1.54) is 18.7 Å². The van der Waals surface area contributed by atoms with Gasteiger partial charge in [0, 0.05) is 0 Å². The van der Waals surface area contributed by atoms with Gasteiger partial charge in [0.1, 0.15) is 0 Å². The number of likely N-dealkylation sites (tertiary alicyclic amines) is 1. The number of alkyl halides is 4. The predicted octanol–water partition coefficient (Wildman–Crippen LogP) is 2.47. The van der Waals surface area contributed by atoms with Gasteiger partial charge in [-0.2, -0.15) is 0 Å². The molecule has 208 valence electrons. The number of halogens is 4. The van der Waals surface area contributed by atoms with Crippen molar-refractivity contribution in [2.24, 2.45) is 0 Å². The molecule has 0 radical (unpaired) electrons. The summed E-state index contributed by atoms with van der Waals surface area (Å²) in [6.07, 6.45) is -0.574. The molecule has 3 heterocycles. The quantitative estimate of drug-likeness (QED) is 0.217. The zero-order chi connectivity index (χ0) is 28.2. The fourth-order valence-corrected chi connectivity index (χ4v) is 5.69. The van der Waals surface area contributed by atoms with Crippen LogP contribution in [0, 0.1) is 11.8 Å². The molecule has 2 aromatic heterocycles. The molecule has 1 aliphatic rings. The molecule has 3 N–H and O–H groups in total. The first-order valence-corrected chi connectivity index (χ1v) is 13.8. The molecule has 1 aromatic carbocycles. The van der Waals surface area contributed by atoms with E-state index in [2.05, 4.69) is 32.9 Å². The molecule has 1 aliphatic heterocycles. The molecule has 3 aromatic rings. The van der Waals surface area contributed by atoms with Crippen molar-refractivity contribution in [2.45, 2.75) is 23.7 Å². The molecular weight excluding hydrogens is 583 g/mol. The third-order valence-corrected chi connectivity index (χ3v) is 7.93. The number of piperidine rings is 1. The molecule has 2 atom stereocenters. The summed E-state index contributed by atoms with van der Waals surface area (Å²) in [5, 5.41) is 8.69. The third-order valence-electron chi connectivity index (χ3n) is 6.17. The van der Waals surface area contributed by atoms with Crippen LogP contribution in [-0.2, 0) is 0 Å². The zero-order valence-electron chi connectivity index (χ0n) is 21.5. The first-order valence-electron chi connectivity index (χ1n) is 12.1. The number of nitrogens with one attached hydrogen (secondary N) is 3. The van der Waals surface area contributed by atoms with Gasteiger partial charge in [-0.1, -0.05) is 0 Å². The van der Waals surface area contributed by atoms with Crippen molar-refractivity contribution in [2.75, 3.05) is 51.5 Å². The van der Waals surface area contributed by atoms with Crippen LogP contribution in [-0.4, -0.2) is 93.5 Å². The number of pyridine rings is 1. The number of aromatic nitrogens is 2. The summed E-state index contributed by atoms with van der Waals surface area (Å²) in [6.45, 7) is 1.04. The zero-order valence-corrected chi connectivity index (χ0v) is 23.2. The van der Waals surface area contributed by atoms with Crippen LogP contribution in [0.2, 0.25) is 0 Å².